The van der Waals surface area contributed by atoms with Crippen LogP contribution in [-0.4, -0.2) is 49.6 Å². The summed E-state index contributed by atoms with van der Waals surface area (Å²) in [4.78, 5) is 27.3. The maximum Gasteiger partial charge on any atom is 0.260 e. The van der Waals surface area contributed by atoms with Crippen LogP contribution in [0.3, 0.4) is 0 Å². The van der Waals surface area contributed by atoms with Crippen LogP contribution in [0, 0.1) is 6.92 Å². The highest BCUT2D eigenvalue weighted by atomic mass is 16.5. The van der Waals surface area contributed by atoms with Crippen molar-refractivity contribution >= 4 is 28.3 Å². The van der Waals surface area contributed by atoms with Crippen LogP contribution in [0.5, 0.6) is 5.75 Å². The van der Waals surface area contributed by atoms with Crippen LogP contribution in [-0.2, 0) is 9.53 Å². The highest BCUT2D eigenvalue weighted by Gasteiger charge is 2.20. The summed E-state index contributed by atoms with van der Waals surface area (Å²) in [6, 6.07) is 19.0. The molecule has 0 bridgehead atoms. The Morgan fingerprint density at radius 1 is 1.00 bits per heavy atom. The van der Waals surface area contributed by atoms with E-state index in [1.807, 2.05) is 61.5 Å². The molecule has 0 aromatic heterocycles. The summed E-state index contributed by atoms with van der Waals surface area (Å²) < 4.78 is 11.1. The first kappa shape index (κ1) is 19.9. The van der Waals surface area contributed by atoms with Crippen molar-refractivity contribution < 1.29 is 19.1 Å². The molecule has 0 atom stereocenters. The molecule has 3 aromatic carbocycles. The van der Waals surface area contributed by atoms with E-state index in [0.29, 0.717) is 37.6 Å². The van der Waals surface area contributed by atoms with Crippen molar-refractivity contribution in [3.05, 3.63) is 71.8 Å². The van der Waals surface area contributed by atoms with Crippen LogP contribution in [0.15, 0.2) is 60.7 Å². The zero-order valence-corrected chi connectivity index (χ0v) is 16.9. The first-order valence-corrected chi connectivity index (χ1v) is 10.00. The van der Waals surface area contributed by atoms with Crippen molar-refractivity contribution in [2.45, 2.75) is 6.92 Å². The molecule has 4 rings (SSSR count). The summed E-state index contributed by atoms with van der Waals surface area (Å²) in [6.07, 6.45) is 0. The third-order valence-corrected chi connectivity index (χ3v) is 5.20. The van der Waals surface area contributed by atoms with Gasteiger partial charge in [-0.25, -0.2) is 0 Å². The number of aryl methyl sites for hydroxylation is 1. The Bertz CT molecular complexity index is 1070. The van der Waals surface area contributed by atoms with Crippen LogP contribution in [0.4, 0.5) is 5.69 Å². The van der Waals surface area contributed by atoms with Gasteiger partial charge in [0, 0.05) is 18.8 Å². The van der Waals surface area contributed by atoms with Gasteiger partial charge in [0.1, 0.15) is 5.75 Å². The van der Waals surface area contributed by atoms with Gasteiger partial charge >= 0.3 is 0 Å². The number of carbonyl (C=O) groups excluding carboxylic acids is 2. The first-order valence-electron chi connectivity index (χ1n) is 10.00. The summed E-state index contributed by atoms with van der Waals surface area (Å²) in [5, 5.41) is 4.82. The largest absolute Gasteiger partial charge is 0.483 e. The number of hydrogen-bond acceptors (Lipinski definition) is 4. The first-order chi connectivity index (χ1) is 14.6. The average molecular weight is 404 g/mol. The second-order valence-corrected chi connectivity index (χ2v) is 7.25. The number of morpholine rings is 1. The standard InChI is InChI=1S/C24H24N2O4/c1-17-6-2-5-9-21(17)25-24(28)20-14-18-7-3-4-8-19(18)15-22(20)30-16-23(27)26-10-12-29-13-11-26/h2-9,14-15H,10-13,16H2,1H3,(H,25,28). The molecule has 0 radical (unpaired) electrons. The van der Waals surface area contributed by atoms with Gasteiger partial charge in [-0.1, -0.05) is 42.5 Å². The quantitative estimate of drug-likeness (QED) is 0.705. The molecule has 1 saturated heterocycles. The zero-order chi connectivity index (χ0) is 20.9. The van der Waals surface area contributed by atoms with Crippen molar-refractivity contribution in [3.63, 3.8) is 0 Å². The van der Waals surface area contributed by atoms with Gasteiger partial charge in [-0.15, -0.1) is 0 Å². The molecule has 0 aliphatic carbocycles. The van der Waals surface area contributed by atoms with Crippen molar-refractivity contribution in [2.75, 3.05) is 38.2 Å². The van der Waals surface area contributed by atoms with E-state index >= 15 is 0 Å². The summed E-state index contributed by atoms with van der Waals surface area (Å²) in [5.74, 6) is 0.00184. The van der Waals surface area contributed by atoms with Crippen molar-refractivity contribution in [1.29, 1.82) is 0 Å². The van der Waals surface area contributed by atoms with Gasteiger partial charge in [-0.05, 0) is 41.5 Å². The molecule has 1 fully saturated rings. The van der Waals surface area contributed by atoms with E-state index < -0.39 is 0 Å². The third-order valence-electron chi connectivity index (χ3n) is 5.20. The molecule has 0 saturated carbocycles. The average Bonchev–Trinajstić information content (AvgIpc) is 2.79. The van der Waals surface area contributed by atoms with E-state index in [0.717, 1.165) is 22.0 Å². The van der Waals surface area contributed by atoms with Gasteiger partial charge in [0.2, 0.25) is 0 Å². The normalized spacial score (nSPS) is 13.8. The van der Waals surface area contributed by atoms with Gasteiger partial charge in [0.25, 0.3) is 11.8 Å². The van der Waals surface area contributed by atoms with E-state index in [2.05, 4.69) is 5.32 Å². The lowest BCUT2D eigenvalue weighted by Gasteiger charge is -2.26. The summed E-state index contributed by atoms with van der Waals surface area (Å²) in [7, 11) is 0. The lowest BCUT2D eigenvalue weighted by atomic mass is 10.0. The van der Waals surface area contributed by atoms with Crippen molar-refractivity contribution in [3.8, 4) is 5.75 Å². The van der Waals surface area contributed by atoms with Gasteiger partial charge in [0.15, 0.2) is 6.61 Å². The Morgan fingerprint density at radius 2 is 1.67 bits per heavy atom. The van der Waals surface area contributed by atoms with E-state index in [-0.39, 0.29) is 18.4 Å². The fraction of sp³-hybridized carbons (Fsp3) is 0.250. The van der Waals surface area contributed by atoms with E-state index in [1.54, 1.807) is 11.0 Å². The third kappa shape index (κ3) is 4.44. The second-order valence-electron chi connectivity index (χ2n) is 7.25. The molecular weight excluding hydrogens is 380 g/mol. The van der Waals surface area contributed by atoms with E-state index in [4.69, 9.17) is 9.47 Å². The Kier molecular flexibility index (Phi) is 5.95. The fourth-order valence-corrected chi connectivity index (χ4v) is 3.46. The molecular formula is C24H24N2O4. The van der Waals surface area contributed by atoms with Crippen LogP contribution in [0.1, 0.15) is 15.9 Å². The van der Waals surface area contributed by atoms with Gasteiger partial charge in [-0.2, -0.15) is 0 Å². The van der Waals surface area contributed by atoms with Crippen LogP contribution < -0.4 is 10.1 Å². The number of nitrogens with one attached hydrogen (secondary N) is 1. The number of hydrogen-bond donors (Lipinski definition) is 1. The molecule has 6 heteroatoms. The molecule has 2 amide bonds. The predicted molar refractivity (Wildman–Crippen MR) is 116 cm³/mol. The smallest absolute Gasteiger partial charge is 0.260 e. The summed E-state index contributed by atoms with van der Waals surface area (Å²) in [6.45, 7) is 4.00. The number of anilines is 1. The lowest BCUT2D eigenvalue weighted by Crippen LogP contribution is -2.43. The molecule has 6 nitrogen and oxygen atoms in total. The SMILES string of the molecule is Cc1ccccc1NC(=O)c1cc2ccccc2cc1OCC(=O)N1CCOCC1. The Morgan fingerprint density at radius 3 is 2.40 bits per heavy atom. The number of benzene rings is 3. The minimum Gasteiger partial charge on any atom is -0.483 e. The highest BCUT2D eigenvalue weighted by Crippen LogP contribution is 2.27. The summed E-state index contributed by atoms with van der Waals surface area (Å²) in [5.41, 5.74) is 2.11. The van der Waals surface area contributed by atoms with E-state index in [9.17, 15) is 9.59 Å². The highest BCUT2D eigenvalue weighted by molar-refractivity contribution is 6.09. The number of amides is 2. The molecule has 30 heavy (non-hydrogen) atoms. The van der Waals surface area contributed by atoms with Crippen LogP contribution in [0.2, 0.25) is 0 Å². The minimum atomic E-state index is -0.274. The fourth-order valence-electron chi connectivity index (χ4n) is 3.46. The van der Waals surface area contributed by atoms with Crippen LogP contribution in [0.25, 0.3) is 10.8 Å². The van der Waals surface area contributed by atoms with Crippen molar-refractivity contribution in [1.82, 2.24) is 4.90 Å². The Hall–Kier alpha value is -3.38. The van der Waals surface area contributed by atoms with Gasteiger partial charge in [-0.3, -0.25) is 9.59 Å². The predicted octanol–water partition coefficient (Wildman–Crippen LogP) is 3.64. The van der Waals surface area contributed by atoms with Crippen molar-refractivity contribution in [2.24, 2.45) is 0 Å². The molecule has 3 aromatic rings. The maximum absolute atomic E-state index is 13.1. The molecule has 1 heterocycles. The maximum atomic E-state index is 13.1. The molecule has 154 valence electrons. The van der Waals surface area contributed by atoms with E-state index in [1.165, 1.54) is 0 Å². The number of para-hydroxylation sites is 1. The number of rotatable bonds is 5. The second kappa shape index (κ2) is 8.97. The molecule has 0 unspecified atom stereocenters. The van der Waals surface area contributed by atoms with Gasteiger partial charge < -0.3 is 19.7 Å². The molecule has 0 spiro atoms. The summed E-state index contributed by atoms with van der Waals surface area (Å²) >= 11 is 0. The van der Waals surface area contributed by atoms with Crippen LogP contribution >= 0.6 is 0 Å². The number of ether oxygens (including phenoxy) is 2. The Balaban J connectivity index is 1.59. The molecule has 1 aliphatic rings. The molecule has 1 N–H and O–H groups in total. The number of fused-ring (bicyclic) bond motifs is 1. The lowest BCUT2D eigenvalue weighted by molar-refractivity contribution is -0.137. The monoisotopic (exact) mass is 404 g/mol. The Labute approximate surface area is 175 Å². The topological polar surface area (TPSA) is 67.9 Å². The zero-order valence-electron chi connectivity index (χ0n) is 16.9. The minimum absolute atomic E-state index is 0.114. The number of nitrogens with zero attached hydrogens (tertiary/aromatic N) is 1. The number of carbonyl (C=O) groups is 2. The molecule has 1 aliphatic heterocycles. The van der Waals surface area contributed by atoms with Gasteiger partial charge in [0.05, 0.1) is 18.8 Å².